The number of hydrogen-bond donors (Lipinski definition) is 2. The van der Waals surface area contributed by atoms with Crippen molar-refractivity contribution in [3.8, 4) is 0 Å². The Kier molecular flexibility index (Phi) is 23.3. The molecule has 1 aromatic carbocycles. The van der Waals surface area contributed by atoms with Gasteiger partial charge in [0.2, 0.25) is 17.8 Å². The van der Waals surface area contributed by atoms with Gasteiger partial charge in [-0.05, 0) is 43.9 Å². The van der Waals surface area contributed by atoms with Crippen molar-refractivity contribution >= 4 is 57.7 Å². The number of fused-ring (bicyclic) bond motifs is 1. The van der Waals surface area contributed by atoms with Gasteiger partial charge in [-0.3, -0.25) is 0 Å². The molecule has 0 aliphatic heterocycles. The van der Waals surface area contributed by atoms with Crippen molar-refractivity contribution in [1.82, 2.24) is 19.9 Å². The van der Waals surface area contributed by atoms with Crippen LogP contribution in [0.4, 0.5) is 23.5 Å². The van der Waals surface area contributed by atoms with E-state index in [4.69, 9.17) is 15.0 Å². The summed E-state index contributed by atoms with van der Waals surface area (Å²) in [4.78, 5) is 25.1. The summed E-state index contributed by atoms with van der Waals surface area (Å²) in [7, 11) is 0. The SMILES string of the molecule is CCCCCCCCN(CCCCCCCC)c1nc(Nc2ccc3nc(S)sc3c2)nc(N(CCCCCCCC)CCCCCCCC)n1. The minimum absolute atomic E-state index is 0.636. The van der Waals surface area contributed by atoms with E-state index in [0.717, 1.165) is 58.3 Å². The molecule has 0 atom stereocenters. The van der Waals surface area contributed by atoms with Gasteiger partial charge in [0.15, 0.2) is 0 Å². The van der Waals surface area contributed by atoms with Crippen LogP contribution in [0.5, 0.6) is 0 Å². The van der Waals surface area contributed by atoms with Gasteiger partial charge in [0.25, 0.3) is 0 Å². The van der Waals surface area contributed by atoms with Gasteiger partial charge < -0.3 is 15.1 Å². The summed E-state index contributed by atoms with van der Waals surface area (Å²) in [6.45, 7) is 13.2. The molecule has 0 bridgehead atoms. The first-order valence-corrected chi connectivity index (χ1v) is 22.5. The molecule has 7 nitrogen and oxygen atoms in total. The lowest BCUT2D eigenvalue weighted by Gasteiger charge is -2.27. The minimum Gasteiger partial charge on any atom is -0.341 e. The van der Waals surface area contributed by atoms with E-state index in [2.05, 4.69) is 78.6 Å². The quantitative estimate of drug-likeness (QED) is 0.0488. The molecule has 0 aliphatic carbocycles. The standard InChI is InChI=1S/C42H73N7S2/c1-5-9-13-17-21-25-31-48(32-26-22-18-14-10-6-2)40-45-39(43-36-29-30-37-38(35-36)51-42(50)44-37)46-41(47-40)49(33-27-23-19-15-11-7-3)34-28-24-20-16-12-8-4/h29-30,35H,5-28,31-34H2,1-4H3,(H,44,50)(H,43,45,46,47). The Bertz CT molecular complexity index is 1210. The fourth-order valence-electron chi connectivity index (χ4n) is 6.77. The summed E-state index contributed by atoms with van der Waals surface area (Å²) in [5.74, 6) is 2.30. The van der Waals surface area contributed by atoms with Crippen LogP contribution in [0.3, 0.4) is 0 Å². The zero-order valence-corrected chi connectivity index (χ0v) is 34.8. The van der Waals surface area contributed by atoms with Crippen molar-refractivity contribution in [2.24, 2.45) is 0 Å². The van der Waals surface area contributed by atoms with Gasteiger partial charge >= 0.3 is 0 Å². The average molecular weight is 740 g/mol. The number of rotatable bonds is 32. The molecular formula is C42H73N7S2. The number of unbranched alkanes of at least 4 members (excludes halogenated alkanes) is 20. The predicted molar refractivity (Wildman–Crippen MR) is 228 cm³/mol. The molecule has 0 fully saturated rings. The van der Waals surface area contributed by atoms with Crippen LogP contribution in [-0.4, -0.2) is 46.1 Å². The van der Waals surface area contributed by atoms with Crippen molar-refractivity contribution in [2.45, 2.75) is 186 Å². The van der Waals surface area contributed by atoms with E-state index in [1.165, 1.54) is 154 Å². The number of hydrogen-bond acceptors (Lipinski definition) is 9. The van der Waals surface area contributed by atoms with Gasteiger partial charge in [-0.1, -0.05) is 156 Å². The Morgan fingerprint density at radius 2 is 0.902 bits per heavy atom. The van der Waals surface area contributed by atoms with Crippen LogP contribution in [0.1, 0.15) is 182 Å². The lowest BCUT2D eigenvalue weighted by atomic mass is 10.1. The second kappa shape index (κ2) is 27.5. The molecule has 9 heteroatoms. The first-order chi connectivity index (χ1) is 25.1. The second-order valence-electron chi connectivity index (χ2n) is 14.6. The third-order valence-corrected chi connectivity index (χ3v) is 11.1. The number of nitrogens with one attached hydrogen (secondary N) is 1. The molecule has 51 heavy (non-hydrogen) atoms. The maximum Gasteiger partial charge on any atom is 0.233 e. The monoisotopic (exact) mass is 740 g/mol. The molecule has 0 amide bonds. The minimum atomic E-state index is 0.636. The Balaban J connectivity index is 1.89. The smallest absolute Gasteiger partial charge is 0.233 e. The van der Waals surface area contributed by atoms with Gasteiger partial charge in [0.05, 0.1) is 10.2 Å². The molecule has 3 aromatic rings. The number of thiazole rings is 1. The van der Waals surface area contributed by atoms with Gasteiger partial charge in [-0.25, -0.2) is 4.98 Å². The first kappa shape index (κ1) is 43.3. The summed E-state index contributed by atoms with van der Waals surface area (Å²) >= 11 is 6.10. The van der Waals surface area contributed by atoms with E-state index >= 15 is 0 Å². The highest BCUT2D eigenvalue weighted by Gasteiger charge is 2.18. The molecule has 288 valence electrons. The summed E-state index contributed by atoms with van der Waals surface area (Å²) in [5.41, 5.74) is 1.94. The zero-order valence-electron chi connectivity index (χ0n) is 33.1. The van der Waals surface area contributed by atoms with E-state index in [-0.39, 0.29) is 0 Å². The third-order valence-electron chi connectivity index (χ3n) is 9.94. The van der Waals surface area contributed by atoms with E-state index in [1.54, 1.807) is 11.3 Å². The highest BCUT2D eigenvalue weighted by Crippen LogP contribution is 2.29. The van der Waals surface area contributed by atoms with Crippen LogP contribution in [-0.2, 0) is 0 Å². The summed E-state index contributed by atoms with van der Waals surface area (Å²) in [5, 5.41) is 3.60. The molecule has 0 saturated carbocycles. The summed E-state index contributed by atoms with van der Waals surface area (Å²) in [6, 6.07) is 6.28. The van der Waals surface area contributed by atoms with E-state index in [0.29, 0.717) is 5.95 Å². The van der Waals surface area contributed by atoms with Crippen LogP contribution in [0.15, 0.2) is 22.5 Å². The topological polar surface area (TPSA) is 70.1 Å². The number of anilines is 4. The molecule has 0 radical (unpaired) electrons. The highest BCUT2D eigenvalue weighted by atomic mass is 32.2. The van der Waals surface area contributed by atoms with Gasteiger partial charge in [-0.15, -0.1) is 24.0 Å². The lowest BCUT2D eigenvalue weighted by molar-refractivity contribution is 0.564. The normalized spacial score (nSPS) is 11.5. The lowest BCUT2D eigenvalue weighted by Crippen LogP contribution is -2.32. The molecule has 3 rings (SSSR count). The molecule has 0 saturated heterocycles. The number of aromatic nitrogens is 4. The second-order valence-corrected chi connectivity index (χ2v) is 16.4. The molecule has 0 aliphatic rings. The Hall–Kier alpha value is -2.13. The molecule has 2 aromatic heterocycles. The van der Waals surface area contributed by atoms with Crippen LogP contribution < -0.4 is 15.1 Å². The van der Waals surface area contributed by atoms with E-state index in [9.17, 15) is 0 Å². The van der Waals surface area contributed by atoms with Gasteiger partial charge in [0, 0.05) is 31.9 Å². The van der Waals surface area contributed by atoms with Crippen LogP contribution >= 0.6 is 24.0 Å². The van der Waals surface area contributed by atoms with Crippen LogP contribution in [0.25, 0.3) is 10.2 Å². The molecular weight excluding hydrogens is 667 g/mol. The number of thiol groups is 1. The van der Waals surface area contributed by atoms with Crippen molar-refractivity contribution < 1.29 is 0 Å². The maximum atomic E-state index is 5.31. The first-order valence-electron chi connectivity index (χ1n) is 21.2. The van der Waals surface area contributed by atoms with Crippen molar-refractivity contribution in [1.29, 1.82) is 0 Å². The summed E-state index contributed by atoms with van der Waals surface area (Å²) in [6.07, 6.45) is 30.8. The fraction of sp³-hybridized carbons (Fsp3) is 0.762. The van der Waals surface area contributed by atoms with E-state index in [1.807, 2.05) is 0 Å². The predicted octanol–water partition coefficient (Wildman–Crippen LogP) is 13.6. The third kappa shape index (κ3) is 18.0. The molecule has 0 unspecified atom stereocenters. The molecule has 1 N–H and O–H groups in total. The van der Waals surface area contributed by atoms with Gasteiger partial charge in [-0.2, -0.15) is 15.0 Å². The Labute approximate surface area is 322 Å². The highest BCUT2D eigenvalue weighted by molar-refractivity contribution is 7.82. The van der Waals surface area contributed by atoms with Crippen LogP contribution in [0, 0.1) is 0 Å². The fourth-order valence-corrected chi connectivity index (χ4v) is 7.92. The van der Waals surface area contributed by atoms with E-state index < -0.39 is 0 Å². The molecule has 0 spiro atoms. The van der Waals surface area contributed by atoms with Crippen molar-refractivity contribution in [3.63, 3.8) is 0 Å². The largest absolute Gasteiger partial charge is 0.341 e. The van der Waals surface area contributed by atoms with Crippen molar-refractivity contribution in [2.75, 3.05) is 41.3 Å². The van der Waals surface area contributed by atoms with Gasteiger partial charge in [0.1, 0.15) is 4.34 Å². The maximum absolute atomic E-state index is 5.31. The van der Waals surface area contributed by atoms with Crippen LogP contribution in [0.2, 0.25) is 0 Å². The molecule has 2 heterocycles. The number of benzene rings is 1. The summed E-state index contributed by atoms with van der Waals surface area (Å²) < 4.78 is 1.90. The zero-order chi connectivity index (χ0) is 36.4. The average Bonchev–Trinajstić information content (AvgIpc) is 3.51. The number of nitrogens with zero attached hydrogens (tertiary/aromatic N) is 6. The Morgan fingerprint density at radius 1 is 0.510 bits per heavy atom. The Morgan fingerprint density at radius 3 is 1.31 bits per heavy atom. The van der Waals surface area contributed by atoms with Crippen molar-refractivity contribution in [3.05, 3.63) is 18.2 Å².